The Morgan fingerprint density at radius 1 is 0.200 bits per heavy atom. The molecule has 15 aromatic carbocycles. The molecule has 2 spiro atoms. The lowest BCUT2D eigenvalue weighted by Gasteiger charge is -2.39. The van der Waals surface area contributed by atoms with Crippen LogP contribution in [0, 0.1) is 22.7 Å². The number of hydrogen-bond acceptors (Lipinski definition) is 8. The Balaban J connectivity index is 0.676. The first-order chi connectivity index (χ1) is 54.4. The van der Waals surface area contributed by atoms with Gasteiger partial charge >= 0.3 is 0 Å². The summed E-state index contributed by atoms with van der Waals surface area (Å²) in [6, 6.07) is 132. The van der Waals surface area contributed by atoms with Gasteiger partial charge in [0.2, 0.25) is 0 Å². The summed E-state index contributed by atoms with van der Waals surface area (Å²) >= 11 is 0. The van der Waals surface area contributed by atoms with Gasteiger partial charge in [0.05, 0.1) is 56.9 Å². The summed E-state index contributed by atoms with van der Waals surface area (Å²) in [5.74, 6) is 4.36. The van der Waals surface area contributed by atoms with Crippen molar-refractivity contribution in [2.45, 2.75) is 10.8 Å². The summed E-state index contributed by atoms with van der Waals surface area (Å²) in [7, 11) is 0. The Morgan fingerprint density at radius 3 is 0.909 bits per heavy atom. The van der Waals surface area contributed by atoms with E-state index in [1.165, 1.54) is 0 Å². The Bertz CT molecular complexity index is 6660. The first-order valence-electron chi connectivity index (χ1n) is 36.9. The molecule has 17 aromatic rings. The van der Waals surface area contributed by atoms with Crippen LogP contribution >= 0.6 is 0 Å². The standard InChI is InChI=1S/C102H60N6O2/c103-61-75-24-7-9-28-77(75)70-46-50-79-81-52-48-72(57-89(81)101(87(79)55-70)83-30-11-15-34-95(83)109-96-35-16-12-31-84(96)101)93-59-91(105-99(107-93)68-22-5-2-6-23-68)67-44-40-65(41-45-67)69-26-19-27-74(54-69)100-106-92(66-42-38-64(39-43-66)63-20-3-1-4-21-63)60-94(108-100)73-49-53-82-80-51-47-71(78-29-10-8-25-76(78)62-104)56-88(80)102(90(82)58-73)85-32-13-17-36-97(85)110-98-37-18-14-33-86(98)102/h1-60H. The number of hydrogen-bond donors (Lipinski definition) is 0. The second-order valence-electron chi connectivity index (χ2n) is 28.4. The monoisotopic (exact) mass is 1400 g/mol. The van der Waals surface area contributed by atoms with Gasteiger partial charge in [0.1, 0.15) is 23.0 Å². The predicted octanol–water partition coefficient (Wildman–Crippen LogP) is 24.6. The van der Waals surface area contributed by atoms with Crippen LogP contribution in [0.15, 0.2) is 364 Å². The fourth-order valence-electron chi connectivity index (χ4n) is 17.6. The van der Waals surface area contributed by atoms with Gasteiger partial charge in [0, 0.05) is 55.6 Å². The van der Waals surface area contributed by atoms with Crippen molar-refractivity contribution < 1.29 is 9.47 Å². The van der Waals surface area contributed by atoms with E-state index in [9.17, 15) is 10.5 Å². The number of ether oxygens (including phenoxy) is 2. The fraction of sp³-hybridized carbons (Fsp3) is 0.0196. The van der Waals surface area contributed by atoms with Crippen LogP contribution in [-0.4, -0.2) is 19.9 Å². The van der Waals surface area contributed by atoms with Crippen molar-refractivity contribution in [3.05, 3.63) is 420 Å². The molecule has 21 rings (SSSR count). The molecule has 0 unspecified atom stereocenters. The minimum Gasteiger partial charge on any atom is -0.457 e. The van der Waals surface area contributed by atoms with E-state index >= 15 is 0 Å². The summed E-state index contributed by atoms with van der Waals surface area (Å²) in [5, 5.41) is 20.8. The third-order valence-electron chi connectivity index (χ3n) is 22.6. The topological polar surface area (TPSA) is 118 Å². The molecule has 510 valence electrons. The molecule has 2 aromatic heterocycles. The third kappa shape index (κ3) is 9.98. The summed E-state index contributed by atoms with van der Waals surface area (Å²) in [5.41, 5.74) is 29.3. The highest BCUT2D eigenvalue weighted by Crippen LogP contribution is 2.65. The van der Waals surface area contributed by atoms with Crippen LogP contribution in [0.5, 0.6) is 23.0 Å². The molecule has 0 atom stereocenters. The van der Waals surface area contributed by atoms with Crippen molar-refractivity contribution in [1.82, 2.24) is 19.9 Å². The van der Waals surface area contributed by atoms with Gasteiger partial charge in [-0.25, -0.2) is 19.9 Å². The number of rotatable bonds is 10. The maximum Gasteiger partial charge on any atom is 0.160 e. The second kappa shape index (κ2) is 25.4. The Labute approximate surface area is 636 Å². The van der Waals surface area contributed by atoms with Gasteiger partial charge in [-0.15, -0.1) is 0 Å². The zero-order chi connectivity index (χ0) is 73.0. The molecule has 0 bridgehead atoms. The first kappa shape index (κ1) is 63.5. The Hall–Kier alpha value is -15.0. The van der Waals surface area contributed by atoms with E-state index in [1.807, 2.05) is 97.1 Å². The van der Waals surface area contributed by atoms with Crippen LogP contribution in [0.3, 0.4) is 0 Å². The van der Waals surface area contributed by atoms with Crippen molar-refractivity contribution in [3.63, 3.8) is 0 Å². The number of nitrogens with zero attached hydrogens (tertiary/aromatic N) is 6. The van der Waals surface area contributed by atoms with Crippen LogP contribution in [0.25, 0.3) is 135 Å². The van der Waals surface area contributed by atoms with Gasteiger partial charge < -0.3 is 9.47 Å². The number of aromatic nitrogens is 4. The number of para-hydroxylation sites is 4. The summed E-state index contributed by atoms with van der Waals surface area (Å²) in [6.45, 7) is 0. The quantitative estimate of drug-likeness (QED) is 0.133. The van der Waals surface area contributed by atoms with Gasteiger partial charge in [-0.05, 0) is 168 Å². The fourth-order valence-corrected chi connectivity index (χ4v) is 17.6. The van der Waals surface area contributed by atoms with Crippen LogP contribution in [-0.2, 0) is 10.8 Å². The molecule has 4 aliphatic rings. The van der Waals surface area contributed by atoms with Crippen molar-refractivity contribution >= 4 is 0 Å². The first-order valence-corrected chi connectivity index (χ1v) is 36.9. The minimum atomic E-state index is -0.812. The molecule has 0 saturated carbocycles. The molecule has 0 N–H and O–H groups in total. The molecule has 0 radical (unpaired) electrons. The smallest absolute Gasteiger partial charge is 0.160 e. The van der Waals surface area contributed by atoms with Crippen molar-refractivity contribution in [2.75, 3.05) is 0 Å². The number of nitriles is 2. The van der Waals surface area contributed by atoms with E-state index in [-0.39, 0.29) is 0 Å². The van der Waals surface area contributed by atoms with Gasteiger partial charge in [-0.1, -0.05) is 285 Å². The van der Waals surface area contributed by atoms with Crippen molar-refractivity contribution in [1.29, 1.82) is 10.5 Å². The van der Waals surface area contributed by atoms with E-state index in [1.54, 1.807) is 0 Å². The average Bonchev–Trinajstić information content (AvgIpc) is 1.50. The molecule has 4 heterocycles. The molecular weight excluding hydrogens is 1340 g/mol. The molecule has 110 heavy (non-hydrogen) atoms. The van der Waals surface area contributed by atoms with E-state index in [0.717, 1.165) is 190 Å². The van der Waals surface area contributed by atoms with E-state index < -0.39 is 10.8 Å². The van der Waals surface area contributed by atoms with E-state index in [4.69, 9.17) is 29.4 Å². The highest BCUT2D eigenvalue weighted by molar-refractivity contribution is 5.95. The molecular formula is C102H60N6O2. The van der Waals surface area contributed by atoms with Gasteiger partial charge in [0.15, 0.2) is 11.6 Å². The van der Waals surface area contributed by atoms with Crippen LogP contribution in [0.1, 0.15) is 55.6 Å². The summed E-state index contributed by atoms with van der Waals surface area (Å²) in [4.78, 5) is 21.8. The van der Waals surface area contributed by atoms with E-state index in [2.05, 4.69) is 279 Å². The van der Waals surface area contributed by atoms with Gasteiger partial charge in [-0.3, -0.25) is 0 Å². The van der Waals surface area contributed by atoms with Crippen LogP contribution < -0.4 is 9.47 Å². The molecule has 8 nitrogen and oxygen atoms in total. The maximum atomic E-state index is 10.4. The molecule has 0 amide bonds. The number of fused-ring (bicyclic) bond motifs is 18. The Kier molecular flexibility index (Phi) is 14.7. The lowest BCUT2D eigenvalue weighted by Crippen LogP contribution is -2.32. The molecule has 0 fully saturated rings. The molecule has 2 aliphatic carbocycles. The predicted molar refractivity (Wildman–Crippen MR) is 436 cm³/mol. The lowest BCUT2D eigenvalue weighted by molar-refractivity contribution is 0.436. The summed E-state index contributed by atoms with van der Waals surface area (Å²) in [6.07, 6.45) is 0. The largest absolute Gasteiger partial charge is 0.457 e. The Morgan fingerprint density at radius 2 is 0.491 bits per heavy atom. The van der Waals surface area contributed by atoms with E-state index in [0.29, 0.717) is 22.8 Å². The lowest BCUT2D eigenvalue weighted by atomic mass is 9.65. The van der Waals surface area contributed by atoms with Gasteiger partial charge in [0.25, 0.3) is 0 Å². The summed E-state index contributed by atoms with van der Waals surface area (Å²) < 4.78 is 13.6. The van der Waals surface area contributed by atoms with Crippen LogP contribution in [0.4, 0.5) is 0 Å². The highest BCUT2D eigenvalue weighted by Gasteiger charge is 2.53. The molecule has 2 aliphatic heterocycles. The average molecular weight is 1400 g/mol. The van der Waals surface area contributed by atoms with Gasteiger partial charge in [-0.2, -0.15) is 10.5 Å². The van der Waals surface area contributed by atoms with Crippen molar-refractivity contribution in [3.8, 4) is 170 Å². The maximum absolute atomic E-state index is 10.4. The number of benzene rings is 15. The highest BCUT2D eigenvalue weighted by atomic mass is 16.5. The zero-order valence-electron chi connectivity index (χ0n) is 59.1. The zero-order valence-corrected chi connectivity index (χ0v) is 59.1. The SMILES string of the molecule is N#Cc1ccccc1-c1ccc2c(c1)C1(c3ccccc3Oc3ccccc31)c1cc(-c3cc(-c4ccc(-c5cccc(-c6nc(-c7ccc(-c8ccccc8)cc7)cc(-c7ccc8c(c7)C7(c9ccccc9Oc9ccccc97)c7cc(-c9ccccc9C#N)ccc7-8)n6)c5)cc4)nc(-c4ccccc4)n3)ccc1-2. The molecule has 8 heteroatoms. The second-order valence-corrected chi connectivity index (χ2v) is 28.4. The van der Waals surface area contributed by atoms with Crippen LogP contribution in [0.2, 0.25) is 0 Å². The minimum absolute atomic E-state index is 0.587. The van der Waals surface area contributed by atoms with Crippen molar-refractivity contribution in [2.24, 2.45) is 0 Å². The third-order valence-corrected chi connectivity index (χ3v) is 22.6. The normalized spacial score (nSPS) is 13.0. The molecule has 0 saturated heterocycles.